The van der Waals surface area contributed by atoms with E-state index in [4.69, 9.17) is 0 Å². The van der Waals surface area contributed by atoms with Crippen molar-refractivity contribution >= 4 is 39.6 Å². The highest BCUT2D eigenvalue weighted by atomic mass is 32.1. The van der Waals surface area contributed by atoms with Gasteiger partial charge in [-0.05, 0) is 50.0 Å². The van der Waals surface area contributed by atoms with Crippen molar-refractivity contribution in [1.82, 2.24) is 9.88 Å². The van der Waals surface area contributed by atoms with Gasteiger partial charge in [0.15, 0.2) is 5.13 Å². The highest BCUT2D eigenvalue weighted by molar-refractivity contribution is 7.15. The molecular formula is C17H19N3O2S2. The molecule has 5 nitrogen and oxygen atoms in total. The first kappa shape index (κ1) is 15.8. The number of nitrogens with zero attached hydrogens (tertiary/aromatic N) is 2. The number of anilines is 1. The van der Waals surface area contributed by atoms with E-state index in [1.165, 1.54) is 29.1 Å². The Balaban J connectivity index is 1.47. The third kappa shape index (κ3) is 2.98. The van der Waals surface area contributed by atoms with Gasteiger partial charge in [-0.2, -0.15) is 0 Å². The van der Waals surface area contributed by atoms with Gasteiger partial charge in [0.2, 0.25) is 5.91 Å². The summed E-state index contributed by atoms with van der Waals surface area (Å²) in [5, 5.41) is 5.52. The van der Waals surface area contributed by atoms with E-state index < -0.39 is 0 Å². The predicted molar refractivity (Wildman–Crippen MR) is 95.8 cm³/mol. The minimum atomic E-state index is -0.388. The fourth-order valence-electron chi connectivity index (χ4n) is 3.42. The number of aryl methyl sites for hydroxylation is 2. The second-order valence-corrected chi connectivity index (χ2v) is 8.25. The largest absolute Gasteiger partial charge is 0.326 e. The maximum atomic E-state index is 12.7. The van der Waals surface area contributed by atoms with E-state index >= 15 is 0 Å². The van der Waals surface area contributed by atoms with E-state index in [0.717, 1.165) is 25.0 Å². The molecule has 3 heterocycles. The van der Waals surface area contributed by atoms with Gasteiger partial charge in [-0.3, -0.25) is 9.59 Å². The first-order valence-corrected chi connectivity index (χ1v) is 10.1. The second kappa shape index (κ2) is 6.64. The van der Waals surface area contributed by atoms with E-state index in [0.29, 0.717) is 23.0 Å². The molecule has 0 bridgehead atoms. The number of hydrogen-bond acceptors (Lipinski definition) is 5. The Morgan fingerprint density at radius 1 is 1.25 bits per heavy atom. The SMILES string of the molecule is O=C(Nc1nc2c(s1)CCCC2)[C@@H]1CCCN1C(=O)c1cccs1. The average molecular weight is 361 g/mol. The van der Waals surface area contributed by atoms with Crippen molar-refractivity contribution in [3.63, 3.8) is 0 Å². The maximum Gasteiger partial charge on any atom is 0.264 e. The van der Waals surface area contributed by atoms with Crippen molar-refractivity contribution in [2.45, 2.75) is 44.6 Å². The molecule has 1 aliphatic heterocycles. The van der Waals surface area contributed by atoms with Gasteiger partial charge in [-0.15, -0.1) is 22.7 Å². The van der Waals surface area contributed by atoms with Gasteiger partial charge in [0.25, 0.3) is 5.91 Å². The van der Waals surface area contributed by atoms with Crippen LogP contribution < -0.4 is 5.32 Å². The molecular weight excluding hydrogens is 342 g/mol. The van der Waals surface area contributed by atoms with E-state index in [2.05, 4.69) is 10.3 Å². The number of thiazole rings is 1. The van der Waals surface area contributed by atoms with Crippen LogP contribution in [0.25, 0.3) is 0 Å². The number of aromatic nitrogens is 1. The fourth-order valence-corrected chi connectivity index (χ4v) is 5.15. The van der Waals surface area contributed by atoms with Crippen LogP contribution in [0.15, 0.2) is 17.5 Å². The molecule has 0 saturated carbocycles. The highest BCUT2D eigenvalue weighted by Gasteiger charge is 2.35. The third-order valence-corrected chi connectivity index (χ3v) is 6.55. The molecule has 1 aliphatic carbocycles. The van der Waals surface area contributed by atoms with Gasteiger partial charge >= 0.3 is 0 Å². The van der Waals surface area contributed by atoms with E-state index in [9.17, 15) is 9.59 Å². The van der Waals surface area contributed by atoms with Crippen molar-refractivity contribution in [2.24, 2.45) is 0 Å². The molecule has 2 aromatic heterocycles. The summed E-state index contributed by atoms with van der Waals surface area (Å²) in [5.41, 5.74) is 1.14. The fraction of sp³-hybridized carbons (Fsp3) is 0.471. The van der Waals surface area contributed by atoms with Crippen LogP contribution in [0, 0.1) is 0 Å². The highest BCUT2D eigenvalue weighted by Crippen LogP contribution is 2.30. The lowest BCUT2D eigenvalue weighted by Crippen LogP contribution is -2.42. The van der Waals surface area contributed by atoms with Crippen molar-refractivity contribution in [2.75, 3.05) is 11.9 Å². The molecule has 2 aliphatic rings. The normalized spacial score (nSPS) is 20.0. The van der Waals surface area contributed by atoms with Gasteiger partial charge in [0.1, 0.15) is 6.04 Å². The lowest BCUT2D eigenvalue weighted by Gasteiger charge is -2.22. The summed E-state index contributed by atoms with van der Waals surface area (Å²) in [6.45, 7) is 0.642. The predicted octanol–water partition coefficient (Wildman–Crippen LogP) is 3.33. The molecule has 4 rings (SSSR count). The number of nitrogens with one attached hydrogen (secondary N) is 1. The van der Waals surface area contributed by atoms with E-state index in [1.807, 2.05) is 17.5 Å². The van der Waals surface area contributed by atoms with Crippen LogP contribution >= 0.6 is 22.7 Å². The van der Waals surface area contributed by atoms with Crippen molar-refractivity contribution in [1.29, 1.82) is 0 Å². The Kier molecular flexibility index (Phi) is 4.37. The molecule has 0 radical (unpaired) electrons. The average Bonchev–Trinajstić information content (AvgIpc) is 3.32. The molecule has 1 N–H and O–H groups in total. The molecule has 0 unspecified atom stereocenters. The Bertz CT molecular complexity index is 730. The summed E-state index contributed by atoms with van der Waals surface area (Å²) in [6.07, 6.45) is 6.03. The summed E-state index contributed by atoms with van der Waals surface area (Å²) in [7, 11) is 0. The van der Waals surface area contributed by atoms with Crippen LogP contribution in [0.4, 0.5) is 5.13 Å². The molecule has 24 heavy (non-hydrogen) atoms. The van der Waals surface area contributed by atoms with Crippen LogP contribution in [0.3, 0.4) is 0 Å². The van der Waals surface area contributed by atoms with Crippen LogP contribution in [-0.4, -0.2) is 34.3 Å². The lowest BCUT2D eigenvalue weighted by atomic mass is 10.0. The summed E-state index contributed by atoms with van der Waals surface area (Å²) in [5.74, 6) is -0.149. The number of fused-ring (bicyclic) bond motifs is 1. The maximum absolute atomic E-state index is 12.7. The lowest BCUT2D eigenvalue weighted by molar-refractivity contribution is -0.119. The molecule has 1 fully saturated rings. The molecule has 1 saturated heterocycles. The van der Waals surface area contributed by atoms with E-state index in [1.54, 1.807) is 16.2 Å². The Hall–Kier alpha value is -1.73. The van der Waals surface area contributed by atoms with E-state index in [-0.39, 0.29) is 17.9 Å². The molecule has 1 atom stereocenters. The van der Waals surface area contributed by atoms with Crippen LogP contribution in [0.1, 0.15) is 45.9 Å². The Morgan fingerprint density at radius 3 is 2.92 bits per heavy atom. The number of likely N-dealkylation sites (tertiary alicyclic amines) is 1. The van der Waals surface area contributed by atoms with Crippen LogP contribution in [0.2, 0.25) is 0 Å². The first-order chi connectivity index (χ1) is 11.7. The molecule has 2 aromatic rings. The summed E-state index contributed by atoms with van der Waals surface area (Å²) < 4.78 is 0. The van der Waals surface area contributed by atoms with Crippen molar-refractivity contribution < 1.29 is 9.59 Å². The van der Waals surface area contributed by atoms with Gasteiger partial charge in [0.05, 0.1) is 10.6 Å². The minimum Gasteiger partial charge on any atom is -0.326 e. The Labute approximate surface area is 148 Å². The van der Waals surface area contributed by atoms with Gasteiger partial charge in [-0.1, -0.05) is 6.07 Å². The monoisotopic (exact) mass is 361 g/mol. The zero-order valence-corrected chi connectivity index (χ0v) is 14.9. The topological polar surface area (TPSA) is 62.3 Å². The molecule has 0 spiro atoms. The zero-order valence-electron chi connectivity index (χ0n) is 13.3. The molecule has 126 valence electrons. The summed E-state index contributed by atoms with van der Waals surface area (Å²) in [6, 6.07) is 3.29. The molecule has 7 heteroatoms. The van der Waals surface area contributed by atoms with Gasteiger partial charge in [-0.25, -0.2) is 4.98 Å². The van der Waals surface area contributed by atoms with Crippen molar-refractivity contribution in [3.05, 3.63) is 33.0 Å². The summed E-state index contributed by atoms with van der Waals surface area (Å²) >= 11 is 3.01. The first-order valence-electron chi connectivity index (χ1n) is 8.36. The van der Waals surface area contributed by atoms with Gasteiger partial charge < -0.3 is 10.2 Å². The number of rotatable bonds is 3. The summed E-state index contributed by atoms with van der Waals surface area (Å²) in [4.78, 5) is 33.5. The van der Waals surface area contributed by atoms with Crippen molar-refractivity contribution in [3.8, 4) is 0 Å². The van der Waals surface area contributed by atoms with Crippen LogP contribution in [-0.2, 0) is 17.6 Å². The number of carbonyl (C=O) groups is 2. The third-order valence-electron chi connectivity index (χ3n) is 4.62. The zero-order chi connectivity index (χ0) is 16.5. The molecule has 2 amide bonds. The number of amides is 2. The smallest absolute Gasteiger partial charge is 0.264 e. The second-order valence-electron chi connectivity index (χ2n) is 6.22. The standard InChI is InChI=1S/C17H19N3O2S2/c21-15(19-17-18-11-5-1-2-7-13(11)24-17)12-6-3-9-20(12)16(22)14-8-4-10-23-14/h4,8,10,12H,1-3,5-7,9H2,(H,18,19,21)/t12-/m0/s1. The van der Waals surface area contributed by atoms with Gasteiger partial charge in [0, 0.05) is 11.4 Å². The van der Waals surface area contributed by atoms with Crippen LogP contribution in [0.5, 0.6) is 0 Å². The minimum absolute atomic E-state index is 0.0407. The molecule has 0 aromatic carbocycles. The Morgan fingerprint density at radius 2 is 2.12 bits per heavy atom. The number of hydrogen-bond donors (Lipinski definition) is 1. The number of carbonyl (C=O) groups excluding carboxylic acids is 2. The quantitative estimate of drug-likeness (QED) is 0.912. The number of thiophene rings is 1.